The van der Waals surface area contributed by atoms with E-state index in [1.165, 1.54) is 0 Å². The van der Waals surface area contributed by atoms with Crippen LogP contribution >= 0.6 is 39.1 Å². The summed E-state index contributed by atoms with van der Waals surface area (Å²) in [4.78, 5) is 0. The second-order valence-electron chi connectivity index (χ2n) is 4.04. The first-order valence-electron chi connectivity index (χ1n) is 5.57. The van der Waals surface area contributed by atoms with E-state index in [2.05, 4.69) is 15.9 Å². The Bertz CT molecular complexity index is 604. The van der Waals surface area contributed by atoms with Crippen molar-refractivity contribution in [1.29, 1.82) is 0 Å². The zero-order chi connectivity index (χ0) is 14.0. The molecule has 2 rings (SSSR count). The van der Waals surface area contributed by atoms with E-state index in [1.54, 1.807) is 13.2 Å². The molecule has 0 aliphatic rings. The van der Waals surface area contributed by atoms with Gasteiger partial charge < -0.3 is 10.5 Å². The fraction of sp³-hybridized carbons (Fsp3) is 0.143. The van der Waals surface area contributed by atoms with Gasteiger partial charge in [-0.1, -0.05) is 35.3 Å². The molecule has 0 heterocycles. The van der Waals surface area contributed by atoms with Crippen molar-refractivity contribution in [1.82, 2.24) is 0 Å². The van der Waals surface area contributed by atoms with Crippen LogP contribution in [0.15, 0.2) is 40.9 Å². The highest BCUT2D eigenvalue weighted by Gasteiger charge is 2.14. The lowest BCUT2D eigenvalue weighted by molar-refractivity contribution is 0.414. The molecule has 0 aliphatic heterocycles. The van der Waals surface area contributed by atoms with Gasteiger partial charge in [-0.25, -0.2) is 0 Å². The molecule has 100 valence electrons. The summed E-state index contributed by atoms with van der Waals surface area (Å²) in [6.45, 7) is 0. The normalized spacial score (nSPS) is 12.3. The minimum Gasteiger partial charge on any atom is -0.497 e. The number of methoxy groups -OCH3 is 1. The van der Waals surface area contributed by atoms with Crippen LogP contribution in [0.25, 0.3) is 0 Å². The minimum absolute atomic E-state index is 0.330. The van der Waals surface area contributed by atoms with Crippen molar-refractivity contribution in [2.45, 2.75) is 6.04 Å². The van der Waals surface area contributed by atoms with E-state index in [-0.39, 0.29) is 6.04 Å². The number of ether oxygens (including phenoxy) is 1. The van der Waals surface area contributed by atoms with Crippen molar-refractivity contribution >= 4 is 39.1 Å². The molecule has 0 saturated carbocycles. The van der Waals surface area contributed by atoms with Crippen molar-refractivity contribution in [3.63, 3.8) is 0 Å². The molecule has 0 radical (unpaired) electrons. The Morgan fingerprint density at radius 3 is 2.42 bits per heavy atom. The van der Waals surface area contributed by atoms with Gasteiger partial charge in [0.05, 0.1) is 18.2 Å². The molecule has 0 fully saturated rings. The van der Waals surface area contributed by atoms with Crippen LogP contribution in [-0.2, 0) is 0 Å². The third-order valence-corrected chi connectivity index (χ3v) is 4.41. The second kappa shape index (κ2) is 6.14. The highest BCUT2D eigenvalue weighted by molar-refractivity contribution is 9.10. The molecule has 0 aromatic heterocycles. The molecule has 0 saturated heterocycles. The fourth-order valence-corrected chi connectivity index (χ4v) is 2.50. The maximum absolute atomic E-state index is 6.23. The van der Waals surface area contributed by atoms with Crippen LogP contribution in [0.4, 0.5) is 0 Å². The van der Waals surface area contributed by atoms with E-state index in [4.69, 9.17) is 33.7 Å². The van der Waals surface area contributed by atoms with Crippen LogP contribution in [-0.4, -0.2) is 7.11 Å². The van der Waals surface area contributed by atoms with E-state index >= 15 is 0 Å². The lowest BCUT2D eigenvalue weighted by Crippen LogP contribution is -2.12. The highest BCUT2D eigenvalue weighted by Crippen LogP contribution is 2.32. The van der Waals surface area contributed by atoms with E-state index < -0.39 is 0 Å². The Balaban J connectivity index is 2.38. The smallest absolute Gasteiger partial charge is 0.120 e. The Hall–Kier alpha value is -0.740. The maximum Gasteiger partial charge on any atom is 0.120 e. The second-order valence-corrected chi connectivity index (χ2v) is 5.71. The molecule has 0 spiro atoms. The summed E-state index contributed by atoms with van der Waals surface area (Å²) in [5.41, 5.74) is 7.97. The number of hydrogen-bond donors (Lipinski definition) is 1. The van der Waals surface area contributed by atoms with Crippen LogP contribution in [0.1, 0.15) is 17.2 Å². The Labute approximate surface area is 130 Å². The third kappa shape index (κ3) is 3.23. The number of benzene rings is 2. The van der Waals surface area contributed by atoms with Crippen LogP contribution in [0.3, 0.4) is 0 Å². The maximum atomic E-state index is 6.23. The van der Waals surface area contributed by atoms with Crippen LogP contribution < -0.4 is 10.5 Å². The summed E-state index contributed by atoms with van der Waals surface area (Å²) in [7, 11) is 1.60. The number of rotatable bonds is 3. The largest absolute Gasteiger partial charge is 0.497 e. The zero-order valence-corrected chi connectivity index (χ0v) is 13.3. The summed E-state index contributed by atoms with van der Waals surface area (Å²) in [6.07, 6.45) is 0. The molecule has 5 heteroatoms. The molecule has 0 aliphatic carbocycles. The number of nitrogens with two attached hydrogens (primary N) is 1. The van der Waals surface area contributed by atoms with E-state index in [0.717, 1.165) is 15.6 Å². The van der Waals surface area contributed by atoms with Gasteiger partial charge >= 0.3 is 0 Å². The van der Waals surface area contributed by atoms with E-state index in [0.29, 0.717) is 15.8 Å². The average Bonchev–Trinajstić information content (AvgIpc) is 2.41. The number of halogens is 3. The summed E-state index contributed by atoms with van der Waals surface area (Å²) in [6, 6.07) is 10.7. The molecule has 0 bridgehead atoms. The average molecular weight is 361 g/mol. The predicted octanol–water partition coefficient (Wildman–Crippen LogP) is 4.81. The predicted molar refractivity (Wildman–Crippen MR) is 83.2 cm³/mol. The van der Waals surface area contributed by atoms with Crippen LogP contribution in [0.5, 0.6) is 5.75 Å². The molecule has 1 unspecified atom stereocenters. The summed E-state index contributed by atoms with van der Waals surface area (Å²) in [5, 5.41) is 1.20. The van der Waals surface area contributed by atoms with Gasteiger partial charge in [0.2, 0.25) is 0 Å². The third-order valence-electron chi connectivity index (χ3n) is 2.85. The zero-order valence-electron chi connectivity index (χ0n) is 10.2. The summed E-state index contributed by atoms with van der Waals surface area (Å²) >= 11 is 15.7. The topological polar surface area (TPSA) is 35.2 Å². The lowest BCUT2D eigenvalue weighted by Gasteiger charge is -2.15. The molecule has 1 atom stereocenters. The Morgan fingerprint density at radius 2 is 1.84 bits per heavy atom. The Morgan fingerprint density at radius 1 is 1.11 bits per heavy atom. The van der Waals surface area contributed by atoms with Gasteiger partial charge in [-0.2, -0.15) is 0 Å². The van der Waals surface area contributed by atoms with Gasteiger partial charge in [0, 0.05) is 9.50 Å². The molecular formula is C14H12BrCl2NO. The van der Waals surface area contributed by atoms with Crippen molar-refractivity contribution in [2.75, 3.05) is 7.11 Å². The van der Waals surface area contributed by atoms with Crippen molar-refractivity contribution in [2.24, 2.45) is 5.73 Å². The van der Waals surface area contributed by atoms with Gasteiger partial charge in [-0.05, 0) is 51.3 Å². The minimum atomic E-state index is -0.330. The quantitative estimate of drug-likeness (QED) is 0.852. The highest BCUT2D eigenvalue weighted by atomic mass is 79.9. The van der Waals surface area contributed by atoms with Crippen molar-refractivity contribution < 1.29 is 4.74 Å². The monoisotopic (exact) mass is 359 g/mol. The van der Waals surface area contributed by atoms with Crippen LogP contribution in [0.2, 0.25) is 10.0 Å². The molecule has 0 amide bonds. The first-order chi connectivity index (χ1) is 9.02. The van der Waals surface area contributed by atoms with Crippen molar-refractivity contribution in [3.05, 3.63) is 62.0 Å². The first-order valence-corrected chi connectivity index (χ1v) is 7.11. The summed E-state index contributed by atoms with van der Waals surface area (Å²) in [5.74, 6) is 0.704. The molecule has 2 aromatic carbocycles. The van der Waals surface area contributed by atoms with E-state index in [9.17, 15) is 0 Å². The lowest BCUT2D eigenvalue weighted by atomic mass is 9.99. The first kappa shape index (κ1) is 14.7. The molecule has 2 aromatic rings. The van der Waals surface area contributed by atoms with Gasteiger partial charge in [0.1, 0.15) is 5.75 Å². The van der Waals surface area contributed by atoms with Gasteiger partial charge in [0.15, 0.2) is 0 Å². The Kier molecular flexibility index (Phi) is 4.74. The SMILES string of the molecule is COc1ccc(C(N)c2ccc(Br)c(Cl)c2)c(Cl)c1. The molecular weight excluding hydrogens is 349 g/mol. The molecule has 2 N–H and O–H groups in total. The number of hydrogen-bond acceptors (Lipinski definition) is 2. The van der Waals surface area contributed by atoms with Gasteiger partial charge in [0.25, 0.3) is 0 Å². The van der Waals surface area contributed by atoms with Crippen LogP contribution in [0, 0.1) is 0 Å². The van der Waals surface area contributed by atoms with Gasteiger partial charge in [-0.15, -0.1) is 0 Å². The van der Waals surface area contributed by atoms with Crippen molar-refractivity contribution in [3.8, 4) is 5.75 Å². The summed E-state index contributed by atoms with van der Waals surface area (Å²) < 4.78 is 5.96. The van der Waals surface area contributed by atoms with E-state index in [1.807, 2.05) is 30.3 Å². The molecule has 19 heavy (non-hydrogen) atoms. The molecule has 2 nitrogen and oxygen atoms in total. The fourth-order valence-electron chi connectivity index (χ4n) is 1.77. The van der Waals surface area contributed by atoms with Gasteiger partial charge in [-0.3, -0.25) is 0 Å². The standard InChI is InChI=1S/C14H12BrCl2NO/c1-19-9-3-4-10(12(16)7-9)14(18)8-2-5-11(15)13(17)6-8/h2-7,14H,18H2,1H3.